The molecule has 0 radical (unpaired) electrons. The molecule has 0 unspecified atom stereocenters. The molecule has 0 spiro atoms. The molecule has 0 aliphatic rings. The zero-order valence-corrected chi connectivity index (χ0v) is 17.3. The summed E-state index contributed by atoms with van der Waals surface area (Å²) in [5.41, 5.74) is -0.432. The summed E-state index contributed by atoms with van der Waals surface area (Å²) in [6, 6.07) is 0. The molecule has 0 N–H and O–H groups in total. The van der Waals surface area contributed by atoms with Crippen LogP contribution in [0.2, 0.25) is 0 Å². The highest BCUT2D eigenvalue weighted by Gasteiger charge is 2.14. The number of rotatable bonds is 16. The average Bonchev–Trinajstić information content (AvgIpc) is 2.56. The second-order valence-electron chi connectivity index (χ2n) is 7.99. The summed E-state index contributed by atoms with van der Waals surface area (Å²) in [5.74, 6) is -0.257. The molecule has 0 saturated carbocycles. The Hall–Kier alpha value is -0.830. The Morgan fingerprint density at radius 2 is 1.24 bits per heavy atom. The van der Waals surface area contributed by atoms with Gasteiger partial charge in [-0.1, -0.05) is 70.4 Å². The molecule has 0 saturated heterocycles. The van der Waals surface area contributed by atoms with E-state index in [9.17, 15) is 4.79 Å². The number of hydrogen-bond acceptors (Lipinski definition) is 3. The van der Waals surface area contributed by atoms with Gasteiger partial charge < -0.3 is 0 Å². The van der Waals surface area contributed by atoms with E-state index in [1.54, 1.807) is 0 Å². The highest BCUT2D eigenvalue weighted by atomic mass is 17.2. The first kappa shape index (κ1) is 24.2. The van der Waals surface area contributed by atoms with Crippen LogP contribution in [-0.4, -0.2) is 11.6 Å². The zero-order valence-electron chi connectivity index (χ0n) is 17.3. The molecular weight excluding hydrogens is 312 g/mol. The zero-order chi connectivity index (χ0) is 18.8. The van der Waals surface area contributed by atoms with Crippen molar-refractivity contribution in [3.63, 3.8) is 0 Å². The SMILES string of the molecule is CCCCCCCC/C=C\CCCCCCCC(=O)OOC(C)(C)C. The van der Waals surface area contributed by atoms with Crippen molar-refractivity contribution in [2.24, 2.45) is 0 Å². The lowest BCUT2D eigenvalue weighted by Gasteiger charge is -2.16. The molecule has 25 heavy (non-hydrogen) atoms. The van der Waals surface area contributed by atoms with Gasteiger partial charge in [0.15, 0.2) is 0 Å². The maximum Gasteiger partial charge on any atom is 0.342 e. The van der Waals surface area contributed by atoms with Crippen molar-refractivity contribution in [1.29, 1.82) is 0 Å². The molecule has 3 nitrogen and oxygen atoms in total. The monoisotopic (exact) mass is 354 g/mol. The Kier molecular flexibility index (Phi) is 16.1. The van der Waals surface area contributed by atoms with Crippen LogP contribution in [0.1, 0.15) is 118 Å². The van der Waals surface area contributed by atoms with Crippen molar-refractivity contribution in [3.8, 4) is 0 Å². The summed E-state index contributed by atoms with van der Waals surface area (Å²) in [6.07, 6.45) is 21.5. The first-order valence-corrected chi connectivity index (χ1v) is 10.5. The third kappa shape index (κ3) is 21.1. The fourth-order valence-corrected chi connectivity index (χ4v) is 2.55. The van der Waals surface area contributed by atoms with Crippen LogP contribution in [0.25, 0.3) is 0 Å². The van der Waals surface area contributed by atoms with Crippen molar-refractivity contribution in [2.45, 2.75) is 123 Å². The van der Waals surface area contributed by atoms with Crippen molar-refractivity contribution < 1.29 is 14.6 Å². The quantitative estimate of drug-likeness (QED) is 0.126. The fourth-order valence-electron chi connectivity index (χ4n) is 2.55. The van der Waals surface area contributed by atoms with Gasteiger partial charge in [0.05, 0.1) is 0 Å². The van der Waals surface area contributed by atoms with Crippen LogP contribution in [0.3, 0.4) is 0 Å². The lowest BCUT2D eigenvalue weighted by atomic mass is 10.1. The van der Waals surface area contributed by atoms with Gasteiger partial charge in [0.2, 0.25) is 0 Å². The minimum Gasteiger partial charge on any atom is -0.298 e. The lowest BCUT2D eigenvalue weighted by molar-refractivity contribution is -0.320. The first-order chi connectivity index (χ1) is 12.0. The Labute approximate surface area is 156 Å². The molecule has 3 heteroatoms. The number of hydrogen-bond donors (Lipinski definition) is 0. The highest BCUT2D eigenvalue weighted by Crippen LogP contribution is 2.11. The summed E-state index contributed by atoms with van der Waals surface area (Å²) in [7, 11) is 0. The van der Waals surface area contributed by atoms with Gasteiger partial charge >= 0.3 is 5.97 Å². The second-order valence-corrected chi connectivity index (χ2v) is 7.99. The third-order valence-electron chi connectivity index (χ3n) is 4.03. The Bertz CT molecular complexity index is 329. The smallest absolute Gasteiger partial charge is 0.298 e. The van der Waals surface area contributed by atoms with Crippen LogP contribution in [-0.2, 0) is 14.6 Å². The summed E-state index contributed by atoms with van der Waals surface area (Å²) < 4.78 is 0. The van der Waals surface area contributed by atoms with Crippen LogP contribution in [0.5, 0.6) is 0 Å². The van der Waals surface area contributed by atoms with Gasteiger partial charge in [0.1, 0.15) is 5.60 Å². The molecule has 148 valence electrons. The van der Waals surface area contributed by atoms with Gasteiger partial charge in [-0.15, -0.1) is 0 Å². The molecule has 0 aliphatic heterocycles. The van der Waals surface area contributed by atoms with Gasteiger partial charge in [-0.25, -0.2) is 4.79 Å². The van der Waals surface area contributed by atoms with E-state index in [0.29, 0.717) is 6.42 Å². The maximum absolute atomic E-state index is 11.5. The third-order valence-corrected chi connectivity index (χ3v) is 4.03. The van der Waals surface area contributed by atoms with Crippen molar-refractivity contribution in [1.82, 2.24) is 0 Å². The molecule has 0 aromatic rings. The molecule has 0 bridgehead atoms. The van der Waals surface area contributed by atoms with Crippen LogP contribution in [0.15, 0.2) is 12.2 Å². The second kappa shape index (κ2) is 16.6. The van der Waals surface area contributed by atoms with E-state index < -0.39 is 5.60 Å². The number of allylic oxidation sites excluding steroid dienone is 2. The van der Waals surface area contributed by atoms with E-state index in [1.807, 2.05) is 20.8 Å². The minimum absolute atomic E-state index is 0.257. The first-order valence-electron chi connectivity index (χ1n) is 10.5. The minimum atomic E-state index is -0.432. The summed E-state index contributed by atoms with van der Waals surface area (Å²) in [5, 5.41) is 0. The van der Waals surface area contributed by atoms with Crippen LogP contribution in [0.4, 0.5) is 0 Å². The molecule has 0 amide bonds. The van der Waals surface area contributed by atoms with Gasteiger partial charge in [0.25, 0.3) is 0 Å². The fraction of sp³-hybridized carbons (Fsp3) is 0.864. The van der Waals surface area contributed by atoms with Gasteiger partial charge in [-0.05, 0) is 52.9 Å². The van der Waals surface area contributed by atoms with Gasteiger partial charge in [0, 0.05) is 6.42 Å². The maximum atomic E-state index is 11.5. The van der Waals surface area contributed by atoms with E-state index in [0.717, 1.165) is 12.8 Å². The van der Waals surface area contributed by atoms with E-state index in [-0.39, 0.29) is 5.97 Å². The van der Waals surface area contributed by atoms with Crippen LogP contribution in [0, 0.1) is 0 Å². The van der Waals surface area contributed by atoms with E-state index in [2.05, 4.69) is 19.1 Å². The Morgan fingerprint density at radius 3 is 1.76 bits per heavy atom. The van der Waals surface area contributed by atoms with Crippen molar-refractivity contribution in [3.05, 3.63) is 12.2 Å². The molecule has 0 aromatic carbocycles. The Balaban J connectivity index is 3.25. The van der Waals surface area contributed by atoms with Gasteiger partial charge in [-0.2, -0.15) is 4.89 Å². The molecule has 0 fully saturated rings. The van der Waals surface area contributed by atoms with E-state index in [4.69, 9.17) is 9.78 Å². The van der Waals surface area contributed by atoms with E-state index in [1.165, 1.54) is 70.6 Å². The molecule has 0 atom stereocenters. The number of carbonyl (C=O) groups excluding carboxylic acids is 1. The summed E-state index contributed by atoms with van der Waals surface area (Å²) >= 11 is 0. The standard InChI is InChI=1S/C22H42O3/c1-5-6-7-8-9-10-11-12-13-14-15-16-17-18-19-20-21(23)24-25-22(2,3)4/h12-13H,5-11,14-20H2,1-4H3/b13-12-. The van der Waals surface area contributed by atoms with Crippen LogP contribution >= 0.6 is 0 Å². The lowest BCUT2D eigenvalue weighted by Crippen LogP contribution is -2.21. The number of carbonyl (C=O) groups is 1. The molecule has 0 aliphatic carbocycles. The Morgan fingerprint density at radius 1 is 0.760 bits per heavy atom. The predicted octanol–water partition coefficient (Wildman–Crippen LogP) is 7.30. The molecular formula is C22H42O3. The average molecular weight is 355 g/mol. The summed E-state index contributed by atoms with van der Waals surface area (Å²) in [6.45, 7) is 7.85. The molecule has 0 aromatic heterocycles. The molecule has 0 rings (SSSR count). The predicted molar refractivity (Wildman–Crippen MR) is 106 cm³/mol. The normalized spacial score (nSPS) is 12.0. The largest absolute Gasteiger partial charge is 0.342 e. The summed E-state index contributed by atoms with van der Waals surface area (Å²) in [4.78, 5) is 21.3. The highest BCUT2D eigenvalue weighted by molar-refractivity contribution is 5.68. The van der Waals surface area contributed by atoms with Crippen molar-refractivity contribution in [2.75, 3.05) is 0 Å². The topological polar surface area (TPSA) is 35.5 Å². The van der Waals surface area contributed by atoms with E-state index >= 15 is 0 Å². The van der Waals surface area contributed by atoms with Crippen molar-refractivity contribution >= 4 is 5.97 Å². The number of unbranched alkanes of at least 4 members (excludes halogenated alkanes) is 11. The molecule has 0 heterocycles. The van der Waals surface area contributed by atoms with Crippen LogP contribution < -0.4 is 0 Å². The van der Waals surface area contributed by atoms with Gasteiger partial charge in [-0.3, -0.25) is 4.89 Å².